The molecular weight excluding hydrogens is 250 g/mol. The lowest BCUT2D eigenvalue weighted by atomic mass is 10.0. The smallest absolute Gasteiger partial charge is 0.253 e. The number of aromatic nitrogens is 1. The first-order valence-electron chi connectivity index (χ1n) is 7.38. The topological polar surface area (TPSA) is 70.9 Å². The molecule has 4 heteroatoms. The number of hydrogen-bond acceptors (Lipinski definition) is 2. The first kappa shape index (κ1) is 13.2. The van der Waals surface area contributed by atoms with Gasteiger partial charge in [-0.1, -0.05) is 31.4 Å². The molecule has 2 aromatic rings. The molecular formula is C16H21N3O. The summed E-state index contributed by atoms with van der Waals surface area (Å²) in [7, 11) is 0. The van der Waals surface area contributed by atoms with Crippen LogP contribution in [0.2, 0.25) is 0 Å². The van der Waals surface area contributed by atoms with E-state index in [0.29, 0.717) is 5.56 Å². The largest absolute Gasteiger partial charge is 0.361 e. The number of para-hydroxylation sites is 1. The maximum atomic E-state index is 12.5. The van der Waals surface area contributed by atoms with Crippen molar-refractivity contribution in [2.45, 2.75) is 44.2 Å². The Bertz CT molecular complexity index is 605. The number of fused-ring (bicyclic) bond motifs is 1. The minimum Gasteiger partial charge on any atom is -0.361 e. The van der Waals surface area contributed by atoms with E-state index in [1.807, 2.05) is 30.5 Å². The molecule has 106 valence electrons. The third kappa shape index (κ3) is 2.56. The van der Waals surface area contributed by atoms with Crippen molar-refractivity contribution in [2.75, 3.05) is 0 Å². The van der Waals surface area contributed by atoms with Crippen molar-refractivity contribution in [1.29, 1.82) is 0 Å². The minimum atomic E-state index is -0.0274. The van der Waals surface area contributed by atoms with E-state index in [0.717, 1.165) is 30.2 Å². The minimum absolute atomic E-state index is 0.0274. The van der Waals surface area contributed by atoms with Crippen LogP contribution in [0, 0.1) is 0 Å². The summed E-state index contributed by atoms with van der Waals surface area (Å²) in [6.45, 7) is 0. The predicted octanol–water partition coefficient (Wildman–Crippen LogP) is 2.56. The van der Waals surface area contributed by atoms with Crippen molar-refractivity contribution in [3.05, 3.63) is 36.0 Å². The second kappa shape index (κ2) is 5.67. The molecule has 2 unspecified atom stereocenters. The zero-order chi connectivity index (χ0) is 13.9. The number of benzene rings is 1. The van der Waals surface area contributed by atoms with Gasteiger partial charge < -0.3 is 16.0 Å². The van der Waals surface area contributed by atoms with Crippen LogP contribution < -0.4 is 11.1 Å². The van der Waals surface area contributed by atoms with Crippen LogP contribution in [-0.2, 0) is 0 Å². The van der Waals surface area contributed by atoms with Crippen molar-refractivity contribution in [2.24, 2.45) is 5.73 Å². The zero-order valence-corrected chi connectivity index (χ0v) is 11.6. The summed E-state index contributed by atoms with van der Waals surface area (Å²) in [5.41, 5.74) is 7.77. The van der Waals surface area contributed by atoms with E-state index in [2.05, 4.69) is 10.3 Å². The molecule has 1 aromatic carbocycles. The Morgan fingerprint density at radius 2 is 2.05 bits per heavy atom. The number of carbonyl (C=O) groups is 1. The Morgan fingerprint density at radius 3 is 2.95 bits per heavy atom. The SMILES string of the molecule is NC1CCCCCC1NC(=O)c1cccc2cc[nH]c12. The van der Waals surface area contributed by atoms with Crippen LogP contribution in [0.1, 0.15) is 42.5 Å². The molecule has 0 spiro atoms. The van der Waals surface area contributed by atoms with E-state index in [1.165, 1.54) is 12.8 Å². The summed E-state index contributed by atoms with van der Waals surface area (Å²) in [5, 5.41) is 4.18. The van der Waals surface area contributed by atoms with Crippen molar-refractivity contribution >= 4 is 16.8 Å². The van der Waals surface area contributed by atoms with E-state index in [1.54, 1.807) is 0 Å². The van der Waals surface area contributed by atoms with Gasteiger partial charge in [-0.15, -0.1) is 0 Å². The van der Waals surface area contributed by atoms with Gasteiger partial charge >= 0.3 is 0 Å². The summed E-state index contributed by atoms with van der Waals surface area (Å²) in [6.07, 6.45) is 7.36. The highest BCUT2D eigenvalue weighted by Gasteiger charge is 2.23. The van der Waals surface area contributed by atoms with E-state index in [-0.39, 0.29) is 18.0 Å². The Labute approximate surface area is 118 Å². The van der Waals surface area contributed by atoms with Gasteiger partial charge in [0.15, 0.2) is 0 Å². The van der Waals surface area contributed by atoms with Crippen molar-refractivity contribution < 1.29 is 4.79 Å². The first-order chi connectivity index (χ1) is 9.75. The summed E-state index contributed by atoms with van der Waals surface area (Å²) < 4.78 is 0. The highest BCUT2D eigenvalue weighted by Crippen LogP contribution is 2.20. The Morgan fingerprint density at radius 1 is 1.20 bits per heavy atom. The van der Waals surface area contributed by atoms with Gasteiger partial charge in [0, 0.05) is 23.7 Å². The van der Waals surface area contributed by atoms with E-state index in [4.69, 9.17) is 5.73 Å². The third-order valence-electron chi connectivity index (χ3n) is 4.22. The number of nitrogens with two attached hydrogens (primary N) is 1. The molecule has 1 aromatic heterocycles. The first-order valence-corrected chi connectivity index (χ1v) is 7.38. The number of H-pyrrole nitrogens is 1. The molecule has 1 heterocycles. The van der Waals surface area contributed by atoms with Crippen LogP contribution in [0.3, 0.4) is 0 Å². The molecule has 4 N–H and O–H groups in total. The van der Waals surface area contributed by atoms with E-state index >= 15 is 0 Å². The fraction of sp³-hybridized carbons (Fsp3) is 0.438. The van der Waals surface area contributed by atoms with Gasteiger partial charge in [0.05, 0.1) is 11.1 Å². The van der Waals surface area contributed by atoms with Crippen LogP contribution in [-0.4, -0.2) is 23.0 Å². The molecule has 1 aliphatic carbocycles. The number of carbonyl (C=O) groups excluding carboxylic acids is 1. The van der Waals surface area contributed by atoms with Crippen molar-refractivity contribution in [3.63, 3.8) is 0 Å². The van der Waals surface area contributed by atoms with Crippen LogP contribution in [0.5, 0.6) is 0 Å². The Balaban J connectivity index is 1.80. The molecule has 20 heavy (non-hydrogen) atoms. The van der Waals surface area contributed by atoms with Crippen molar-refractivity contribution in [3.8, 4) is 0 Å². The number of amides is 1. The van der Waals surface area contributed by atoms with Crippen LogP contribution in [0.25, 0.3) is 10.9 Å². The lowest BCUT2D eigenvalue weighted by molar-refractivity contribution is 0.0930. The molecule has 0 saturated heterocycles. The number of nitrogens with one attached hydrogen (secondary N) is 2. The molecule has 2 atom stereocenters. The van der Waals surface area contributed by atoms with Gasteiger partial charge in [-0.2, -0.15) is 0 Å². The van der Waals surface area contributed by atoms with Gasteiger partial charge in [0.1, 0.15) is 0 Å². The van der Waals surface area contributed by atoms with E-state index < -0.39 is 0 Å². The fourth-order valence-electron chi connectivity index (χ4n) is 3.04. The number of rotatable bonds is 2. The average Bonchev–Trinajstić information content (AvgIpc) is 2.84. The van der Waals surface area contributed by atoms with Crippen LogP contribution in [0.15, 0.2) is 30.5 Å². The number of hydrogen-bond donors (Lipinski definition) is 3. The summed E-state index contributed by atoms with van der Waals surface area (Å²) >= 11 is 0. The zero-order valence-electron chi connectivity index (χ0n) is 11.6. The van der Waals surface area contributed by atoms with Gasteiger partial charge in [-0.3, -0.25) is 4.79 Å². The maximum absolute atomic E-state index is 12.5. The quantitative estimate of drug-likeness (QED) is 0.735. The third-order valence-corrected chi connectivity index (χ3v) is 4.22. The Hall–Kier alpha value is -1.81. The van der Waals surface area contributed by atoms with Gasteiger partial charge in [0.2, 0.25) is 0 Å². The Kier molecular flexibility index (Phi) is 3.74. The summed E-state index contributed by atoms with van der Waals surface area (Å²) in [5.74, 6) is -0.0274. The predicted molar refractivity (Wildman–Crippen MR) is 80.6 cm³/mol. The molecule has 0 bridgehead atoms. The highest BCUT2D eigenvalue weighted by molar-refractivity contribution is 6.05. The molecule has 3 rings (SSSR count). The molecule has 1 aliphatic rings. The van der Waals surface area contributed by atoms with Crippen LogP contribution >= 0.6 is 0 Å². The molecule has 1 amide bonds. The highest BCUT2D eigenvalue weighted by atomic mass is 16.1. The molecule has 0 aliphatic heterocycles. The lowest BCUT2D eigenvalue weighted by Crippen LogP contribution is -2.47. The van der Waals surface area contributed by atoms with E-state index in [9.17, 15) is 4.79 Å². The summed E-state index contributed by atoms with van der Waals surface area (Å²) in [4.78, 5) is 15.6. The lowest BCUT2D eigenvalue weighted by Gasteiger charge is -2.22. The van der Waals surface area contributed by atoms with Gasteiger partial charge in [-0.25, -0.2) is 0 Å². The summed E-state index contributed by atoms with van der Waals surface area (Å²) in [6, 6.07) is 7.91. The second-order valence-corrected chi connectivity index (χ2v) is 5.63. The van der Waals surface area contributed by atoms with Crippen LogP contribution in [0.4, 0.5) is 0 Å². The van der Waals surface area contributed by atoms with Gasteiger partial charge in [-0.05, 0) is 25.0 Å². The second-order valence-electron chi connectivity index (χ2n) is 5.63. The molecule has 1 saturated carbocycles. The average molecular weight is 271 g/mol. The normalized spacial score (nSPS) is 23.4. The standard InChI is InChI=1S/C16H21N3O/c17-13-7-2-1-3-8-14(13)19-16(20)12-6-4-5-11-9-10-18-15(11)12/h4-6,9-10,13-14,18H,1-3,7-8,17H2,(H,19,20). The van der Waals surface area contributed by atoms with Crippen molar-refractivity contribution in [1.82, 2.24) is 10.3 Å². The molecule has 1 fully saturated rings. The monoisotopic (exact) mass is 271 g/mol. The maximum Gasteiger partial charge on any atom is 0.253 e. The molecule has 0 radical (unpaired) electrons. The number of aromatic amines is 1. The van der Waals surface area contributed by atoms with Gasteiger partial charge in [0.25, 0.3) is 5.91 Å². The molecule has 4 nitrogen and oxygen atoms in total. The fourth-order valence-corrected chi connectivity index (χ4v) is 3.04.